The fourth-order valence-electron chi connectivity index (χ4n) is 3.16. The van der Waals surface area contributed by atoms with Crippen LogP contribution in [0.15, 0.2) is 23.6 Å². The van der Waals surface area contributed by atoms with Crippen molar-refractivity contribution in [2.24, 2.45) is 0 Å². The van der Waals surface area contributed by atoms with Crippen molar-refractivity contribution in [1.82, 2.24) is 5.32 Å². The Bertz CT molecular complexity index is 736. The highest BCUT2D eigenvalue weighted by Gasteiger charge is 2.24. The van der Waals surface area contributed by atoms with Crippen molar-refractivity contribution in [3.05, 3.63) is 29.1 Å². The number of hydrogen-bond donors (Lipinski definition) is 2. The molecule has 0 atom stereocenters. The monoisotopic (exact) mass is 346 g/mol. The van der Waals surface area contributed by atoms with E-state index in [4.69, 9.17) is 15.2 Å². The van der Waals surface area contributed by atoms with Crippen molar-refractivity contribution in [3.8, 4) is 22.6 Å². The number of hydrogen-bond acceptors (Lipinski definition) is 5. The third-order valence-electron chi connectivity index (χ3n) is 4.43. The van der Waals surface area contributed by atoms with Crippen molar-refractivity contribution in [2.75, 3.05) is 20.0 Å². The number of anilines is 1. The first-order chi connectivity index (χ1) is 11.6. The summed E-state index contributed by atoms with van der Waals surface area (Å²) in [5.41, 5.74) is 8.22. The third kappa shape index (κ3) is 3.19. The fourth-order valence-corrected chi connectivity index (χ4v) is 3.97. The van der Waals surface area contributed by atoms with Crippen LogP contribution in [0.4, 0.5) is 5.00 Å². The summed E-state index contributed by atoms with van der Waals surface area (Å²) in [6, 6.07) is 5.78. The number of ether oxygens (including phenoxy) is 2. The van der Waals surface area contributed by atoms with E-state index < -0.39 is 0 Å². The van der Waals surface area contributed by atoms with Crippen LogP contribution in [-0.2, 0) is 0 Å². The highest BCUT2D eigenvalue weighted by atomic mass is 32.1. The zero-order chi connectivity index (χ0) is 17.1. The van der Waals surface area contributed by atoms with E-state index in [1.54, 1.807) is 14.2 Å². The molecule has 0 saturated heterocycles. The highest BCUT2D eigenvalue weighted by Crippen LogP contribution is 2.40. The van der Waals surface area contributed by atoms with Crippen LogP contribution in [0.5, 0.6) is 11.5 Å². The molecule has 1 aliphatic rings. The average molecular weight is 346 g/mol. The van der Waals surface area contributed by atoms with Crippen molar-refractivity contribution in [1.29, 1.82) is 0 Å². The molecule has 1 heterocycles. The topological polar surface area (TPSA) is 73.6 Å². The molecular formula is C18H22N2O3S. The molecular weight excluding hydrogens is 324 g/mol. The Hall–Kier alpha value is -2.21. The standard InChI is InChI=1S/C18H22N2O3S/c1-22-12-7-8-15(23-2)13(9-12)14-10-24-17(19)16(14)18(21)20-11-5-3-4-6-11/h7-11H,3-6,19H2,1-2H3,(H,20,21). The molecule has 1 amide bonds. The van der Waals surface area contributed by atoms with Crippen molar-refractivity contribution in [3.63, 3.8) is 0 Å². The number of thiophene rings is 1. The van der Waals surface area contributed by atoms with E-state index in [0.717, 1.165) is 24.0 Å². The minimum absolute atomic E-state index is 0.111. The Morgan fingerprint density at radius 1 is 1.21 bits per heavy atom. The number of nitrogens with one attached hydrogen (secondary N) is 1. The maximum Gasteiger partial charge on any atom is 0.255 e. The minimum atomic E-state index is -0.111. The van der Waals surface area contributed by atoms with E-state index in [-0.39, 0.29) is 11.9 Å². The second-order valence-electron chi connectivity index (χ2n) is 5.91. The summed E-state index contributed by atoms with van der Waals surface area (Å²) in [5, 5.41) is 5.53. The molecule has 3 rings (SSSR count). The summed E-state index contributed by atoms with van der Waals surface area (Å²) < 4.78 is 10.8. The minimum Gasteiger partial charge on any atom is -0.497 e. The smallest absolute Gasteiger partial charge is 0.255 e. The first-order valence-corrected chi connectivity index (χ1v) is 8.92. The Labute approximate surface area is 145 Å². The van der Waals surface area contributed by atoms with Crippen molar-refractivity contribution < 1.29 is 14.3 Å². The summed E-state index contributed by atoms with van der Waals surface area (Å²) in [4.78, 5) is 12.8. The number of benzene rings is 1. The molecule has 1 saturated carbocycles. The van der Waals surface area contributed by atoms with Gasteiger partial charge in [-0.3, -0.25) is 4.79 Å². The number of methoxy groups -OCH3 is 2. The molecule has 2 aromatic rings. The maximum atomic E-state index is 12.8. The van der Waals surface area contributed by atoms with Gasteiger partial charge in [-0.25, -0.2) is 0 Å². The lowest BCUT2D eigenvalue weighted by Gasteiger charge is -2.15. The Morgan fingerprint density at radius 3 is 2.62 bits per heavy atom. The van der Waals surface area contributed by atoms with E-state index >= 15 is 0 Å². The maximum absolute atomic E-state index is 12.8. The van der Waals surface area contributed by atoms with Gasteiger partial charge in [0, 0.05) is 22.5 Å². The van der Waals surface area contributed by atoms with Crippen LogP contribution in [0.3, 0.4) is 0 Å². The molecule has 128 valence electrons. The number of carbonyl (C=O) groups is 1. The molecule has 1 aromatic heterocycles. The van der Waals surface area contributed by atoms with Gasteiger partial charge in [0.15, 0.2) is 0 Å². The van der Waals surface area contributed by atoms with E-state index in [1.165, 1.54) is 24.2 Å². The van der Waals surface area contributed by atoms with E-state index in [2.05, 4.69) is 5.32 Å². The lowest BCUT2D eigenvalue weighted by molar-refractivity contribution is 0.0940. The second kappa shape index (κ2) is 7.13. The zero-order valence-corrected chi connectivity index (χ0v) is 14.7. The number of rotatable bonds is 5. The molecule has 24 heavy (non-hydrogen) atoms. The normalized spacial score (nSPS) is 14.6. The largest absolute Gasteiger partial charge is 0.497 e. The van der Waals surface area contributed by atoms with Crippen molar-refractivity contribution >= 4 is 22.2 Å². The Morgan fingerprint density at radius 2 is 1.96 bits per heavy atom. The van der Waals surface area contributed by atoms with Crippen LogP contribution in [-0.4, -0.2) is 26.2 Å². The van der Waals surface area contributed by atoms with Crippen molar-refractivity contribution in [2.45, 2.75) is 31.7 Å². The molecule has 3 N–H and O–H groups in total. The van der Waals surface area contributed by atoms with E-state index in [9.17, 15) is 4.79 Å². The Kier molecular flexibility index (Phi) is 4.94. The number of amides is 1. The molecule has 6 heteroatoms. The van der Waals surface area contributed by atoms with Crippen LogP contribution in [0.2, 0.25) is 0 Å². The molecule has 0 unspecified atom stereocenters. The molecule has 1 fully saturated rings. The average Bonchev–Trinajstić information content (AvgIpc) is 3.23. The summed E-state index contributed by atoms with van der Waals surface area (Å²) in [6.07, 6.45) is 4.41. The zero-order valence-electron chi connectivity index (χ0n) is 13.9. The molecule has 0 bridgehead atoms. The first-order valence-electron chi connectivity index (χ1n) is 8.04. The van der Waals surface area contributed by atoms with Crippen LogP contribution in [0.25, 0.3) is 11.1 Å². The van der Waals surface area contributed by atoms with Gasteiger partial charge in [-0.15, -0.1) is 11.3 Å². The van der Waals surface area contributed by atoms with Crippen LogP contribution in [0, 0.1) is 0 Å². The van der Waals surface area contributed by atoms with Gasteiger partial charge in [0.1, 0.15) is 11.5 Å². The van der Waals surface area contributed by atoms with Gasteiger partial charge in [-0.05, 0) is 31.0 Å². The number of nitrogen functional groups attached to an aromatic ring is 1. The molecule has 0 radical (unpaired) electrons. The Balaban J connectivity index is 1.99. The molecule has 5 nitrogen and oxygen atoms in total. The third-order valence-corrected chi connectivity index (χ3v) is 5.25. The summed E-state index contributed by atoms with van der Waals surface area (Å²) in [6.45, 7) is 0. The summed E-state index contributed by atoms with van der Waals surface area (Å²) in [5.74, 6) is 1.28. The van der Waals surface area contributed by atoms with Crippen LogP contribution >= 0.6 is 11.3 Å². The lowest BCUT2D eigenvalue weighted by atomic mass is 10.0. The number of carbonyl (C=O) groups excluding carboxylic acids is 1. The molecule has 1 aliphatic carbocycles. The molecule has 0 spiro atoms. The summed E-state index contributed by atoms with van der Waals surface area (Å²) in [7, 11) is 3.22. The van der Waals surface area contributed by atoms with Gasteiger partial charge in [-0.2, -0.15) is 0 Å². The predicted molar refractivity (Wildman–Crippen MR) is 97.0 cm³/mol. The van der Waals surface area contributed by atoms with Gasteiger partial charge in [0.2, 0.25) is 0 Å². The van der Waals surface area contributed by atoms with E-state index in [1.807, 2.05) is 23.6 Å². The summed E-state index contributed by atoms with van der Waals surface area (Å²) >= 11 is 1.37. The first kappa shape index (κ1) is 16.6. The fraction of sp³-hybridized carbons (Fsp3) is 0.389. The van der Waals surface area contributed by atoms with Gasteiger partial charge in [0.05, 0.1) is 24.8 Å². The second-order valence-corrected chi connectivity index (χ2v) is 6.82. The SMILES string of the molecule is COc1ccc(OC)c(-c2csc(N)c2C(=O)NC2CCCC2)c1. The van der Waals surface area contributed by atoms with Gasteiger partial charge >= 0.3 is 0 Å². The van der Waals surface area contributed by atoms with Crippen LogP contribution in [0.1, 0.15) is 36.0 Å². The quantitative estimate of drug-likeness (QED) is 0.866. The highest BCUT2D eigenvalue weighted by molar-refractivity contribution is 7.15. The molecule has 1 aromatic carbocycles. The molecule has 0 aliphatic heterocycles. The lowest BCUT2D eigenvalue weighted by Crippen LogP contribution is -2.33. The van der Waals surface area contributed by atoms with Crippen LogP contribution < -0.4 is 20.5 Å². The van der Waals surface area contributed by atoms with Gasteiger partial charge < -0.3 is 20.5 Å². The van der Waals surface area contributed by atoms with Gasteiger partial charge in [0.25, 0.3) is 5.91 Å². The van der Waals surface area contributed by atoms with Gasteiger partial charge in [-0.1, -0.05) is 12.8 Å². The predicted octanol–water partition coefficient (Wildman–Crippen LogP) is 3.69. The van der Waals surface area contributed by atoms with E-state index in [0.29, 0.717) is 22.1 Å². The number of nitrogens with two attached hydrogens (primary N) is 1.